The number of aryl methyl sites for hydroxylation is 2. The first-order valence-corrected chi connectivity index (χ1v) is 7.83. The number of nitrogen functional groups attached to an aromatic ring is 1. The third-order valence-electron chi connectivity index (χ3n) is 3.91. The highest BCUT2D eigenvalue weighted by Gasteiger charge is 2.10. The Morgan fingerprint density at radius 3 is 2.52 bits per heavy atom. The molecule has 0 atom stereocenters. The van der Waals surface area contributed by atoms with E-state index in [0.29, 0.717) is 5.92 Å². The van der Waals surface area contributed by atoms with Crippen molar-refractivity contribution in [1.29, 1.82) is 0 Å². The summed E-state index contributed by atoms with van der Waals surface area (Å²) < 4.78 is 0. The van der Waals surface area contributed by atoms with Gasteiger partial charge in [-0.1, -0.05) is 44.2 Å². The second-order valence-corrected chi connectivity index (χ2v) is 6.13. The number of nitrogens with two attached hydrogens (primary N) is 1. The van der Waals surface area contributed by atoms with E-state index < -0.39 is 0 Å². The summed E-state index contributed by atoms with van der Waals surface area (Å²) in [6, 6.07) is 11.8. The maximum Gasteiger partial charge on any atom is 0.248 e. The largest absolute Gasteiger partial charge is 0.398 e. The van der Waals surface area contributed by atoms with Gasteiger partial charge in [-0.25, -0.2) is 0 Å². The molecule has 0 saturated carbocycles. The van der Waals surface area contributed by atoms with Gasteiger partial charge in [0.1, 0.15) is 0 Å². The number of hydrogen-bond donors (Lipinski definition) is 2. The van der Waals surface area contributed by atoms with Gasteiger partial charge in [-0.05, 0) is 54.2 Å². The molecule has 0 bridgehead atoms. The van der Waals surface area contributed by atoms with E-state index in [9.17, 15) is 4.79 Å². The molecule has 2 aromatic rings. The summed E-state index contributed by atoms with van der Waals surface area (Å²) in [4.78, 5) is 12.2. The number of anilines is 2. The molecular formula is C20H24N2O. The molecule has 0 radical (unpaired) electrons. The van der Waals surface area contributed by atoms with Gasteiger partial charge in [0.2, 0.25) is 5.91 Å². The lowest BCUT2D eigenvalue weighted by atomic mass is 9.98. The van der Waals surface area contributed by atoms with E-state index >= 15 is 0 Å². The van der Waals surface area contributed by atoms with Crippen molar-refractivity contribution >= 4 is 23.4 Å². The number of nitrogens with one attached hydrogen (secondary N) is 1. The highest BCUT2D eigenvalue weighted by atomic mass is 16.1. The molecule has 3 N–H and O–H groups in total. The van der Waals surface area contributed by atoms with Crippen molar-refractivity contribution in [3.63, 3.8) is 0 Å². The fourth-order valence-corrected chi connectivity index (χ4v) is 2.44. The number of carbonyl (C=O) groups excluding carboxylic acids is 1. The van der Waals surface area contributed by atoms with E-state index in [0.717, 1.165) is 33.6 Å². The zero-order valence-electron chi connectivity index (χ0n) is 14.2. The normalized spacial score (nSPS) is 11.2. The van der Waals surface area contributed by atoms with Crippen LogP contribution in [0.5, 0.6) is 0 Å². The van der Waals surface area contributed by atoms with Crippen LogP contribution >= 0.6 is 0 Å². The van der Waals surface area contributed by atoms with Crippen LogP contribution in [0, 0.1) is 13.8 Å². The molecule has 1 amide bonds. The van der Waals surface area contributed by atoms with Crippen molar-refractivity contribution in [2.45, 2.75) is 33.6 Å². The van der Waals surface area contributed by atoms with E-state index in [1.807, 2.05) is 44.2 Å². The van der Waals surface area contributed by atoms with E-state index in [1.165, 1.54) is 0 Å². The molecule has 3 heteroatoms. The molecule has 3 nitrogen and oxygen atoms in total. The number of para-hydroxylation sites is 1. The molecule has 120 valence electrons. The molecule has 2 aromatic carbocycles. The Kier molecular flexibility index (Phi) is 5.22. The average Bonchev–Trinajstić information content (AvgIpc) is 2.50. The Balaban J connectivity index is 2.17. The van der Waals surface area contributed by atoms with E-state index in [-0.39, 0.29) is 5.91 Å². The molecule has 0 fully saturated rings. The van der Waals surface area contributed by atoms with Crippen molar-refractivity contribution in [2.24, 2.45) is 0 Å². The van der Waals surface area contributed by atoms with Crippen LogP contribution in [0.4, 0.5) is 11.4 Å². The fourth-order valence-electron chi connectivity index (χ4n) is 2.44. The van der Waals surface area contributed by atoms with Gasteiger partial charge in [0, 0.05) is 17.5 Å². The van der Waals surface area contributed by atoms with Crippen molar-refractivity contribution in [1.82, 2.24) is 0 Å². The predicted molar refractivity (Wildman–Crippen MR) is 98.5 cm³/mol. The third kappa shape index (κ3) is 4.22. The first kappa shape index (κ1) is 16.8. The Morgan fingerprint density at radius 1 is 1.13 bits per heavy atom. The third-order valence-corrected chi connectivity index (χ3v) is 3.91. The lowest BCUT2D eigenvalue weighted by molar-refractivity contribution is -0.111. The number of carbonyl (C=O) groups is 1. The van der Waals surface area contributed by atoms with Crippen LogP contribution in [0.3, 0.4) is 0 Å². The van der Waals surface area contributed by atoms with Crippen molar-refractivity contribution < 1.29 is 4.79 Å². The number of rotatable bonds is 4. The summed E-state index contributed by atoms with van der Waals surface area (Å²) in [5.74, 6) is 0.214. The van der Waals surface area contributed by atoms with E-state index in [4.69, 9.17) is 5.73 Å². The van der Waals surface area contributed by atoms with Gasteiger partial charge in [-0.3, -0.25) is 4.79 Å². The van der Waals surface area contributed by atoms with Gasteiger partial charge >= 0.3 is 0 Å². The summed E-state index contributed by atoms with van der Waals surface area (Å²) in [5.41, 5.74) is 11.7. The van der Waals surface area contributed by atoms with Gasteiger partial charge in [-0.2, -0.15) is 0 Å². The van der Waals surface area contributed by atoms with Crippen molar-refractivity contribution in [3.05, 3.63) is 64.7 Å². The summed E-state index contributed by atoms with van der Waals surface area (Å²) in [5, 5.41) is 3.00. The van der Waals surface area contributed by atoms with Crippen molar-refractivity contribution in [3.8, 4) is 0 Å². The minimum absolute atomic E-state index is 0.139. The summed E-state index contributed by atoms with van der Waals surface area (Å²) >= 11 is 0. The van der Waals surface area contributed by atoms with E-state index in [1.54, 1.807) is 12.2 Å². The lowest BCUT2D eigenvalue weighted by Crippen LogP contribution is -2.11. The lowest BCUT2D eigenvalue weighted by Gasteiger charge is -2.15. The monoisotopic (exact) mass is 308 g/mol. The van der Waals surface area contributed by atoms with Gasteiger partial charge in [0.25, 0.3) is 0 Å². The molecule has 0 aliphatic heterocycles. The first-order chi connectivity index (χ1) is 10.9. The number of amides is 1. The van der Waals surface area contributed by atoms with Crippen LogP contribution < -0.4 is 11.1 Å². The van der Waals surface area contributed by atoms with Crippen LogP contribution in [-0.2, 0) is 4.79 Å². The topological polar surface area (TPSA) is 55.1 Å². The minimum atomic E-state index is -0.139. The van der Waals surface area contributed by atoms with Crippen LogP contribution in [0.15, 0.2) is 42.5 Å². The molecule has 2 rings (SSSR count). The summed E-state index contributed by atoms with van der Waals surface area (Å²) in [6.45, 7) is 8.21. The van der Waals surface area contributed by atoms with Crippen LogP contribution in [-0.4, -0.2) is 5.91 Å². The van der Waals surface area contributed by atoms with Gasteiger partial charge in [0.05, 0.1) is 0 Å². The van der Waals surface area contributed by atoms with Crippen LogP contribution in [0.2, 0.25) is 0 Å². The molecule has 0 aliphatic carbocycles. The Labute approximate surface area is 138 Å². The highest BCUT2D eigenvalue weighted by Crippen LogP contribution is 2.27. The SMILES string of the molecule is Cc1ccc(/C=C/C(=O)Nc2c(C)cccc2C(C)C)cc1N. The standard InChI is InChI=1S/C20H24N2O/c1-13(2)17-7-5-6-15(4)20(17)22-19(23)11-10-16-9-8-14(3)18(21)12-16/h5-13H,21H2,1-4H3,(H,22,23)/b11-10+. The maximum atomic E-state index is 12.2. The fraction of sp³-hybridized carbons (Fsp3) is 0.250. The molecule has 0 aromatic heterocycles. The smallest absolute Gasteiger partial charge is 0.248 e. The molecule has 0 spiro atoms. The second-order valence-electron chi connectivity index (χ2n) is 6.13. The molecule has 0 heterocycles. The highest BCUT2D eigenvalue weighted by molar-refractivity contribution is 6.03. The van der Waals surface area contributed by atoms with E-state index in [2.05, 4.69) is 25.2 Å². The number of hydrogen-bond acceptors (Lipinski definition) is 2. The van der Waals surface area contributed by atoms with Gasteiger partial charge < -0.3 is 11.1 Å². The Bertz CT molecular complexity index is 745. The molecule has 0 aliphatic rings. The molecule has 23 heavy (non-hydrogen) atoms. The van der Waals surface area contributed by atoms with Crippen LogP contribution in [0.25, 0.3) is 6.08 Å². The average molecular weight is 308 g/mol. The van der Waals surface area contributed by atoms with Crippen molar-refractivity contribution in [2.75, 3.05) is 11.1 Å². The predicted octanol–water partition coefficient (Wildman–Crippen LogP) is 4.66. The van der Waals surface area contributed by atoms with Crippen LogP contribution in [0.1, 0.15) is 42.0 Å². The molecular weight excluding hydrogens is 284 g/mol. The molecule has 0 unspecified atom stereocenters. The minimum Gasteiger partial charge on any atom is -0.398 e. The summed E-state index contributed by atoms with van der Waals surface area (Å²) in [6.07, 6.45) is 3.32. The van der Waals surface area contributed by atoms with Gasteiger partial charge in [0.15, 0.2) is 0 Å². The number of benzene rings is 2. The van der Waals surface area contributed by atoms with Gasteiger partial charge in [-0.15, -0.1) is 0 Å². The second kappa shape index (κ2) is 7.14. The maximum absolute atomic E-state index is 12.2. The quantitative estimate of drug-likeness (QED) is 0.637. The molecule has 0 saturated heterocycles. The Morgan fingerprint density at radius 2 is 1.87 bits per heavy atom. The zero-order chi connectivity index (χ0) is 17.0. The zero-order valence-corrected chi connectivity index (χ0v) is 14.2. The Hall–Kier alpha value is -2.55. The first-order valence-electron chi connectivity index (χ1n) is 7.83. The summed E-state index contributed by atoms with van der Waals surface area (Å²) in [7, 11) is 0.